The number of rotatable bonds is 6. The molecule has 0 fully saturated rings. The van der Waals surface area contributed by atoms with Crippen molar-refractivity contribution in [1.82, 2.24) is 9.97 Å². The topological polar surface area (TPSA) is 58.0 Å². The first-order valence-corrected chi connectivity index (χ1v) is 6.96. The van der Waals surface area contributed by atoms with Crippen LogP contribution in [0.1, 0.15) is 32.3 Å². The summed E-state index contributed by atoms with van der Waals surface area (Å²) < 4.78 is 0. The summed E-state index contributed by atoms with van der Waals surface area (Å²) in [5.74, 6) is 2.42. The number of aromatic nitrogens is 2. The lowest BCUT2D eigenvalue weighted by Crippen LogP contribution is -2.15. The van der Waals surface area contributed by atoms with E-state index in [1.807, 2.05) is 26.8 Å². The monoisotopic (exact) mass is 255 g/mol. The highest BCUT2D eigenvalue weighted by Gasteiger charge is 2.10. The maximum Gasteiger partial charge on any atom is 0.140 e. The maximum absolute atomic E-state index is 9.42. The molecular formula is C12H21N3OS. The molecule has 0 aliphatic rings. The number of thioether (sulfide) groups is 1. The van der Waals surface area contributed by atoms with E-state index in [1.165, 1.54) is 0 Å². The summed E-state index contributed by atoms with van der Waals surface area (Å²) in [6.07, 6.45) is -0.307. The number of anilines is 1. The van der Waals surface area contributed by atoms with Gasteiger partial charge >= 0.3 is 0 Å². The molecule has 0 bridgehead atoms. The Labute approximate surface area is 107 Å². The van der Waals surface area contributed by atoms with Crippen LogP contribution in [0.2, 0.25) is 0 Å². The second kappa shape index (κ2) is 6.81. The molecule has 1 aromatic heterocycles. The molecule has 0 saturated heterocycles. The van der Waals surface area contributed by atoms with Gasteiger partial charge in [-0.25, -0.2) is 9.97 Å². The van der Waals surface area contributed by atoms with Crippen molar-refractivity contribution < 1.29 is 5.11 Å². The van der Waals surface area contributed by atoms with Crippen molar-refractivity contribution in [3.8, 4) is 0 Å². The first-order valence-electron chi connectivity index (χ1n) is 5.91. The van der Waals surface area contributed by atoms with Gasteiger partial charge in [-0.2, -0.15) is 0 Å². The Balaban J connectivity index is 2.64. The van der Waals surface area contributed by atoms with Crippen molar-refractivity contribution in [2.45, 2.75) is 44.8 Å². The third-order valence-electron chi connectivity index (χ3n) is 2.41. The molecule has 0 radical (unpaired) electrons. The second-order valence-electron chi connectivity index (χ2n) is 4.10. The minimum atomic E-state index is -0.307. The Hall–Kier alpha value is -0.810. The van der Waals surface area contributed by atoms with Crippen LogP contribution in [0, 0.1) is 6.92 Å². The van der Waals surface area contributed by atoms with Gasteiger partial charge in [-0.3, -0.25) is 0 Å². The van der Waals surface area contributed by atoms with Gasteiger partial charge in [0.15, 0.2) is 0 Å². The van der Waals surface area contributed by atoms with E-state index in [4.69, 9.17) is 0 Å². The predicted molar refractivity (Wildman–Crippen MR) is 73.4 cm³/mol. The molecule has 0 aliphatic carbocycles. The summed E-state index contributed by atoms with van der Waals surface area (Å²) in [4.78, 5) is 8.82. The van der Waals surface area contributed by atoms with E-state index >= 15 is 0 Å². The molecule has 2 atom stereocenters. The molecule has 0 aromatic carbocycles. The normalized spacial score (nSPS) is 14.4. The number of hydrogen-bond acceptors (Lipinski definition) is 5. The molecule has 2 N–H and O–H groups in total. The molecular weight excluding hydrogens is 234 g/mol. The summed E-state index contributed by atoms with van der Waals surface area (Å²) in [7, 11) is 0. The molecule has 0 saturated carbocycles. The van der Waals surface area contributed by atoms with Crippen LogP contribution in [0.15, 0.2) is 6.07 Å². The van der Waals surface area contributed by atoms with Crippen LogP contribution in [0.4, 0.5) is 5.82 Å². The minimum absolute atomic E-state index is 0.196. The molecule has 0 aliphatic heterocycles. The molecule has 4 nitrogen and oxygen atoms in total. The molecule has 0 spiro atoms. The zero-order valence-corrected chi connectivity index (χ0v) is 11.7. The first kappa shape index (κ1) is 14.3. The molecule has 0 amide bonds. The fourth-order valence-electron chi connectivity index (χ4n) is 1.31. The van der Waals surface area contributed by atoms with E-state index in [-0.39, 0.29) is 11.4 Å². The van der Waals surface area contributed by atoms with E-state index in [2.05, 4.69) is 15.3 Å². The summed E-state index contributed by atoms with van der Waals surface area (Å²) in [6, 6.07) is 1.94. The van der Waals surface area contributed by atoms with Crippen LogP contribution in [0.3, 0.4) is 0 Å². The molecule has 1 aromatic rings. The molecule has 1 rings (SSSR count). The largest absolute Gasteiger partial charge is 0.392 e. The fourth-order valence-corrected chi connectivity index (χ4v) is 2.13. The second-order valence-corrected chi connectivity index (χ2v) is 5.46. The smallest absolute Gasteiger partial charge is 0.140 e. The third kappa shape index (κ3) is 4.91. The van der Waals surface area contributed by atoms with Crippen LogP contribution < -0.4 is 5.32 Å². The van der Waals surface area contributed by atoms with Crippen LogP contribution >= 0.6 is 11.8 Å². The Bertz CT molecular complexity index is 358. The van der Waals surface area contributed by atoms with Gasteiger partial charge in [-0.05, 0) is 20.8 Å². The maximum atomic E-state index is 9.42. The van der Waals surface area contributed by atoms with Gasteiger partial charge in [0.1, 0.15) is 11.6 Å². The number of aryl methyl sites for hydroxylation is 1. The van der Waals surface area contributed by atoms with Crippen molar-refractivity contribution in [3.05, 3.63) is 17.6 Å². The van der Waals surface area contributed by atoms with Gasteiger partial charge in [0, 0.05) is 23.6 Å². The van der Waals surface area contributed by atoms with Crippen molar-refractivity contribution in [2.24, 2.45) is 0 Å². The van der Waals surface area contributed by atoms with Crippen LogP contribution in [0.5, 0.6) is 0 Å². The van der Waals surface area contributed by atoms with Crippen molar-refractivity contribution in [3.63, 3.8) is 0 Å². The molecule has 5 heteroatoms. The lowest BCUT2D eigenvalue weighted by Gasteiger charge is -2.13. The van der Waals surface area contributed by atoms with Gasteiger partial charge in [-0.1, -0.05) is 6.92 Å². The van der Waals surface area contributed by atoms with Crippen LogP contribution in [0.25, 0.3) is 0 Å². The van der Waals surface area contributed by atoms with Gasteiger partial charge in [0.05, 0.1) is 11.9 Å². The van der Waals surface area contributed by atoms with Crippen molar-refractivity contribution in [1.29, 1.82) is 0 Å². The minimum Gasteiger partial charge on any atom is -0.392 e. The van der Waals surface area contributed by atoms with E-state index in [0.717, 1.165) is 29.6 Å². The summed E-state index contributed by atoms with van der Waals surface area (Å²) in [5, 5.41) is 12.8. The number of hydrogen-bond donors (Lipinski definition) is 2. The standard InChI is InChI=1S/C12H21N3OS/c1-5-13-11-6-8(2)14-12(15-11)7-17-10(4)9(3)16/h6,9-10,16H,5,7H2,1-4H3,(H,13,14,15). The van der Waals surface area contributed by atoms with Crippen molar-refractivity contribution >= 4 is 17.6 Å². The highest BCUT2D eigenvalue weighted by atomic mass is 32.2. The van der Waals surface area contributed by atoms with Crippen molar-refractivity contribution in [2.75, 3.05) is 11.9 Å². The highest BCUT2D eigenvalue weighted by Crippen LogP contribution is 2.19. The molecule has 17 heavy (non-hydrogen) atoms. The first-order chi connectivity index (χ1) is 8.02. The van der Waals surface area contributed by atoms with E-state index in [0.29, 0.717) is 0 Å². The Morgan fingerprint density at radius 1 is 1.41 bits per heavy atom. The molecule has 2 unspecified atom stereocenters. The number of aliphatic hydroxyl groups is 1. The quantitative estimate of drug-likeness (QED) is 0.816. The highest BCUT2D eigenvalue weighted by molar-refractivity contribution is 7.99. The average Bonchev–Trinajstić information content (AvgIpc) is 2.25. The fraction of sp³-hybridized carbons (Fsp3) is 0.667. The predicted octanol–water partition coefficient (Wildman–Crippen LogP) is 2.22. The summed E-state index contributed by atoms with van der Waals surface area (Å²) in [6.45, 7) is 8.68. The Morgan fingerprint density at radius 2 is 2.12 bits per heavy atom. The summed E-state index contributed by atoms with van der Waals surface area (Å²) in [5.41, 5.74) is 0.969. The zero-order chi connectivity index (χ0) is 12.8. The zero-order valence-electron chi connectivity index (χ0n) is 10.9. The van der Waals surface area contributed by atoms with E-state index in [1.54, 1.807) is 18.7 Å². The SMILES string of the molecule is CCNc1cc(C)nc(CSC(C)C(C)O)n1. The Kier molecular flexibility index (Phi) is 5.71. The summed E-state index contributed by atoms with van der Waals surface area (Å²) >= 11 is 1.67. The molecule has 1 heterocycles. The molecule has 96 valence electrons. The van der Waals surface area contributed by atoms with Gasteiger partial charge in [0.25, 0.3) is 0 Å². The lowest BCUT2D eigenvalue weighted by molar-refractivity contribution is 0.196. The number of nitrogens with one attached hydrogen (secondary N) is 1. The van der Waals surface area contributed by atoms with E-state index < -0.39 is 0 Å². The Morgan fingerprint density at radius 3 is 2.71 bits per heavy atom. The van der Waals surface area contributed by atoms with Crippen LogP contribution in [-0.4, -0.2) is 33.0 Å². The van der Waals surface area contributed by atoms with Crippen LogP contribution in [-0.2, 0) is 5.75 Å². The van der Waals surface area contributed by atoms with Gasteiger partial charge in [0.2, 0.25) is 0 Å². The van der Waals surface area contributed by atoms with E-state index in [9.17, 15) is 5.11 Å². The van der Waals surface area contributed by atoms with Gasteiger partial charge in [-0.15, -0.1) is 11.8 Å². The number of nitrogens with zero attached hydrogens (tertiary/aromatic N) is 2. The third-order valence-corrected chi connectivity index (χ3v) is 3.76. The van der Waals surface area contributed by atoms with Gasteiger partial charge < -0.3 is 10.4 Å². The lowest BCUT2D eigenvalue weighted by atomic mass is 10.3. The number of aliphatic hydroxyl groups excluding tert-OH is 1. The average molecular weight is 255 g/mol.